The van der Waals surface area contributed by atoms with Gasteiger partial charge in [0, 0.05) is 18.5 Å². The Balaban J connectivity index is 2.62. The van der Waals surface area contributed by atoms with Crippen molar-refractivity contribution in [2.75, 3.05) is 13.7 Å². The first-order valence-corrected chi connectivity index (χ1v) is 7.15. The van der Waals surface area contributed by atoms with Crippen LogP contribution in [-0.2, 0) is 14.3 Å². The molecule has 5 heteroatoms. The lowest BCUT2D eigenvalue weighted by molar-refractivity contribution is -0.141. The van der Waals surface area contributed by atoms with E-state index in [0.29, 0.717) is 12.5 Å². The summed E-state index contributed by atoms with van der Waals surface area (Å²) in [5, 5.41) is 2.98. The molecule has 0 heterocycles. The smallest absolute Gasteiger partial charge is 0.307 e. The fourth-order valence-corrected chi connectivity index (χ4v) is 2.57. The molecule has 0 radical (unpaired) electrons. The third kappa shape index (κ3) is 5.19. The molecule has 2 atom stereocenters. The molecule has 0 aromatic carbocycles. The predicted octanol–water partition coefficient (Wildman–Crippen LogP) is 1.21. The van der Waals surface area contributed by atoms with Crippen LogP contribution in [0.5, 0.6) is 0 Å². The minimum atomic E-state index is -0.267. The molecule has 2 unspecified atom stereocenters. The molecule has 3 N–H and O–H groups in total. The lowest BCUT2D eigenvalue weighted by atomic mass is 9.82. The number of carbonyl (C=O) groups is 2. The number of esters is 1. The second-order valence-electron chi connectivity index (χ2n) is 5.43. The molecule has 1 saturated carbocycles. The van der Waals surface area contributed by atoms with Gasteiger partial charge in [0.25, 0.3) is 0 Å². The van der Waals surface area contributed by atoms with E-state index in [9.17, 15) is 9.59 Å². The van der Waals surface area contributed by atoms with Crippen molar-refractivity contribution in [2.45, 2.75) is 51.5 Å². The minimum absolute atomic E-state index is 0.0676. The maximum absolute atomic E-state index is 12.0. The first-order valence-electron chi connectivity index (χ1n) is 7.15. The van der Waals surface area contributed by atoms with E-state index >= 15 is 0 Å². The maximum atomic E-state index is 12.0. The van der Waals surface area contributed by atoms with E-state index in [4.69, 9.17) is 10.5 Å². The molecule has 1 rings (SSSR count). The van der Waals surface area contributed by atoms with Gasteiger partial charge in [-0.3, -0.25) is 9.59 Å². The quantitative estimate of drug-likeness (QED) is 0.711. The van der Waals surface area contributed by atoms with E-state index in [0.717, 1.165) is 12.8 Å². The van der Waals surface area contributed by atoms with Crippen molar-refractivity contribution < 1.29 is 14.3 Å². The van der Waals surface area contributed by atoms with Gasteiger partial charge in [-0.2, -0.15) is 0 Å². The summed E-state index contributed by atoms with van der Waals surface area (Å²) >= 11 is 0. The van der Waals surface area contributed by atoms with E-state index < -0.39 is 0 Å². The fraction of sp³-hybridized carbons (Fsp3) is 0.857. The van der Waals surface area contributed by atoms with Crippen LogP contribution in [0.3, 0.4) is 0 Å². The molecule has 1 fully saturated rings. The van der Waals surface area contributed by atoms with Gasteiger partial charge in [-0.1, -0.05) is 26.2 Å². The van der Waals surface area contributed by atoms with E-state index in [-0.39, 0.29) is 30.3 Å². The second-order valence-corrected chi connectivity index (χ2v) is 5.43. The Bertz CT molecular complexity index is 301. The number of rotatable bonds is 6. The van der Waals surface area contributed by atoms with Crippen LogP contribution in [0, 0.1) is 11.8 Å². The Kier molecular flexibility index (Phi) is 6.84. The summed E-state index contributed by atoms with van der Waals surface area (Å²) in [5.74, 6) is -0.177. The molecule has 19 heavy (non-hydrogen) atoms. The zero-order valence-electron chi connectivity index (χ0n) is 12.0. The van der Waals surface area contributed by atoms with Gasteiger partial charge < -0.3 is 15.8 Å². The average molecular weight is 270 g/mol. The van der Waals surface area contributed by atoms with Crippen LogP contribution in [-0.4, -0.2) is 31.6 Å². The summed E-state index contributed by atoms with van der Waals surface area (Å²) in [5.41, 5.74) is 5.50. The van der Waals surface area contributed by atoms with Gasteiger partial charge in [0.1, 0.15) is 0 Å². The zero-order valence-corrected chi connectivity index (χ0v) is 12.0. The van der Waals surface area contributed by atoms with Crippen LogP contribution in [0.2, 0.25) is 0 Å². The summed E-state index contributed by atoms with van der Waals surface area (Å²) in [4.78, 5) is 23.4. The van der Waals surface area contributed by atoms with Gasteiger partial charge in [-0.25, -0.2) is 0 Å². The molecule has 0 saturated heterocycles. The van der Waals surface area contributed by atoms with Gasteiger partial charge >= 0.3 is 5.97 Å². The first kappa shape index (κ1) is 16.0. The van der Waals surface area contributed by atoms with Crippen LogP contribution in [0.25, 0.3) is 0 Å². The van der Waals surface area contributed by atoms with Crippen molar-refractivity contribution in [3.63, 3.8) is 0 Å². The Morgan fingerprint density at radius 3 is 2.47 bits per heavy atom. The standard InChI is InChI=1S/C14H26N2O3/c1-10(9-15)14(18)16-12(8-13(17)19-2)11-6-4-3-5-7-11/h10-12H,3-9,15H2,1-2H3,(H,16,18). The third-order valence-electron chi connectivity index (χ3n) is 3.96. The van der Waals surface area contributed by atoms with Crippen LogP contribution in [0.15, 0.2) is 0 Å². The van der Waals surface area contributed by atoms with E-state index in [1.807, 2.05) is 0 Å². The zero-order chi connectivity index (χ0) is 14.3. The van der Waals surface area contributed by atoms with Gasteiger partial charge in [0.05, 0.1) is 13.5 Å². The SMILES string of the molecule is COC(=O)CC(NC(=O)C(C)CN)C1CCCCC1. The normalized spacial score (nSPS) is 19.5. The Labute approximate surface area is 115 Å². The largest absolute Gasteiger partial charge is 0.469 e. The number of hydrogen-bond donors (Lipinski definition) is 2. The minimum Gasteiger partial charge on any atom is -0.469 e. The number of carbonyl (C=O) groups excluding carboxylic acids is 2. The molecule has 0 bridgehead atoms. The van der Waals surface area contributed by atoms with Crippen LogP contribution >= 0.6 is 0 Å². The van der Waals surface area contributed by atoms with E-state index in [1.54, 1.807) is 6.92 Å². The van der Waals surface area contributed by atoms with Crippen molar-refractivity contribution in [1.82, 2.24) is 5.32 Å². The lowest BCUT2D eigenvalue weighted by Crippen LogP contribution is -2.45. The fourth-order valence-electron chi connectivity index (χ4n) is 2.57. The molecule has 0 aromatic heterocycles. The molecule has 1 aliphatic carbocycles. The highest BCUT2D eigenvalue weighted by Gasteiger charge is 2.28. The second kappa shape index (κ2) is 8.15. The maximum Gasteiger partial charge on any atom is 0.307 e. The molecular weight excluding hydrogens is 244 g/mol. The van der Waals surface area contributed by atoms with E-state index in [1.165, 1.54) is 26.4 Å². The molecule has 110 valence electrons. The van der Waals surface area contributed by atoms with Gasteiger partial charge in [-0.15, -0.1) is 0 Å². The Morgan fingerprint density at radius 1 is 1.32 bits per heavy atom. The Hall–Kier alpha value is -1.10. The van der Waals surface area contributed by atoms with Crippen LogP contribution in [0.1, 0.15) is 45.4 Å². The van der Waals surface area contributed by atoms with Gasteiger partial charge in [-0.05, 0) is 18.8 Å². The molecule has 5 nitrogen and oxygen atoms in total. The monoisotopic (exact) mass is 270 g/mol. The van der Waals surface area contributed by atoms with Crippen molar-refractivity contribution in [3.05, 3.63) is 0 Å². The molecule has 1 amide bonds. The number of hydrogen-bond acceptors (Lipinski definition) is 4. The molecule has 0 aliphatic heterocycles. The van der Waals surface area contributed by atoms with Crippen molar-refractivity contribution >= 4 is 11.9 Å². The molecule has 1 aliphatic rings. The molecule has 0 aromatic rings. The number of nitrogens with one attached hydrogen (secondary N) is 1. The number of amides is 1. The first-order chi connectivity index (χ1) is 9.08. The van der Waals surface area contributed by atoms with Crippen molar-refractivity contribution in [1.29, 1.82) is 0 Å². The number of ether oxygens (including phenoxy) is 1. The lowest BCUT2D eigenvalue weighted by Gasteiger charge is -2.31. The summed E-state index contributed by atoms with van der Waals surface area (Å²) in [7, 11) is 1.38. The summed E-state index contributed by atoms with van der Waals surface area (Å²) in [6, 6.07) is -0.116. The predicted molar refractivity (Wildman–Crippen MR) is 73.4 cm³/mol. The highest BCUT2D eigenvalue weighted by Crippen LogP contribution is 2.28. The average Bonchev–Trinajstić information content (AvgIpc) is 2.46. The number of methoxy groups -OCH3 is 1. The van der Waals surface area contributed by atoms with Gasteiger partial charge in [0.2, 0.25) is 5.91 Å². The summed E-state index contributed by atoms with van der Waals surface area (Å²) in [6.07, 6.45) is 5.98. The highest BCUT2D eigenvalue weighted by molar-refractivity contribution is 5.79. The van der Waals surface area contributed by atoms with Crippen molar-refractivity contribution in [2.24, 2.45) is 17.6 Å². The van der Waals surface area contributed by atoms with Crippen LogP contribution in [0.4, 0.5) is 0 Å². The van der Waals surface area contributed by atoms with Crippen molar-refractivity contribution in [3.8, 4) is 0 Å². The van der Waals surface area contributed by atoms with Crippen LogP contribution < -0.4 is 11.1 Å². The summed E-state index contributed by atoms with van der Waals surface area (Å²) < 4.78 is 4.72. The molecular formula is C14H26N2O3. The van der Waals surface area contributed by atoms with Gasteiger partial charge in [0.15, 0.2) is 0 Å². The highest BCUT2D eigenvalue weighted by atomic mass is 16.5. The third-order valence-corrected chi connectivity index (χ3v) is 3.96. The topological polar surface area (TPSA) is 81.4 Å². The number of nitrogens with two attached hydrogens (primary N) is 1. The molecule has 0 spiro atoms. The summed E-state index contributed by atoms with van der Waals surface area (Å²) in [6.45, 7) is 2.12. The Morgan fingerprint density at radius 2 is 1.95 bits per heavy atom. The van der Waals surface area contributed by atoms with E-state index in [2.05, 4.69) is 5.32 Å².